The summed E-state index contributed by atoms with van der Waals surface area (Å²) >= 11 is 0. The maximum atomic E-state index is 13.2. The lowest BCUT2D eigenvalue weighted by atomic mass is 9.78. The van der Waals surface area contributed by atoms with Gasteiger partial charge in [0.2, 0.25) is 0 Å². The molecule has 1 amide bonds. The summed E-state index contributed by atoms with van der Waals surface area (Å²) in [4.78, 5) is 28.2. The number of nitrogens with zero attached hydrogens (tertiary/aromatic N) is 3. The first kappa shape index (κ1) is 18.0. The second-order valence-electron chi connectivity index (χ2n) is 7.87. The van der Waals surface area contributed by atoms with Crippen LogP contribution in [0.15, 0.2) is 30.3 Å². The summed E-state index contributed by atoms with van der Waals surface area (Å²) in [5.41, 5.74) is 2.71. The molecule has 2 atom stereocenters. The minimum absolute atomic E-state index is 0.244. The number of rotatable bonds is 3. The molecule has 4 rings (SSSR count). The van der Waals surface area contributed by atoms with Crippen LogP contribution in [0.5, 0.6) is 0 Å². The van der Waals surface area contributed by atoms with Crippen LogP contribution in [0.4, 0.5) is 0 Å². The Labute approximate surface area is 160 Å². The molecule has 1 aromatic carbocycles. The van der Waals surface area contributed by atoms with Gasteiger partial charge in [0.15, 0.2) is 0 Å². The molecule has 1 saturated heterocycles. The minimum Gasteiger partial charge on any atom is -0.333 e. The van der Waals surface area contributed by atoms with Gasteiger partial charge in [0.1, 0.15) is 0 Å². The summed E-state index contributed by atoms with van der Waals surface area (Å²) < 4.78 is 1.76. The maximum absolute atomic E-state index is 13.2. The average Bonchev–Trinajstić information content (AvgIpc) is 3.01. The lowest BCUT2D eigenvalue weighted by molar-refractivity contribution is -0.132. The van der Waals surface area contributed by atoms with Crippen molar-refractivity contribution in [2.45, 2.75) is 58.4 Å². The van der Waals surface area contributed by atoms with E-state index in [1.165, 1.54) is 19.3 Å². The average molecular weight is 365 g/mol. The Balaban J connectivity index is 1.63. The van der Waals surface area contributed by atoms with E-state index < -0.39 is 5.78 Å². The van der Waals surface area contributed by atoms with Gasteiger partial charge in [-0.2, -0.15) is 5.10 Å². The first-order chi connectivity index (χ1) is 13.1. The number of carbonyl (C=O) groups is 2. The van der Waals surface area contributed by atoms with Gasteiger partial charge in [-0.05, 0) is 57.6 Å². The van der Waals surface area contributed by atoms with Crippen molar-refractivity contribution in [1.29, 1.82) is 0 Å². The van der Waals surface area contributed by atoms with Crippen molar-refractivity contribution >= 4 is 11.7 Å². The molecule has 2 aliphatic rings. The number of ketones is 1. The fraction of sp³-hybridized carbons (Fsp3) is 0.500. The first-order valence-corrected chi connectivity index (χ1v) is 10.0. The highest BCUT2D eigenvalue weighted by atomic mass is 16.2. The number of Topliss-reactive ketones (excluding diaryl/α,β-unsaturated/α-hetero) is 1. The number of amides is 1. The molecule has 0 radical (unpaired) electrons. The first-order valence-electron chi connectivity index (χ1n) is 10.0. The maximum Gasteiger partial charge on any atom is 0.295 e. The van der Waals surface area contributed by atoms with Gasteiger partial charge in [-0.25, -0.2) is 4.68 Å². The Morgan fingerprint density at radius 1 is 1.00 bits per heavy atom. The van der Waals surface area contributed by atoms with Gasteiger partial charge in [-0.1, -0.05) is 31.0 Å². The van der Waals surface area contributed by atoms with Crippen molar-refractivity contribution in [3.8, 4) is 5.69 Å². The monoisotopic (exact) mass is 365 g/mol. The van der Waals surface area contributed by atoms with E-state index in [0.717, 1.165) is 30.6 Å². The van der Waals surface area contributed by atoms with Crippen LogP contribution in [0.2, 0.25) is 0 Å². The van der Waals surface area contributed by atoms with Crippen LogP contribution in [0.1, 0.15) is 60.3 Å². The number of para-hydroxylation sites is 1. The van der Waals surface area contributed by atoms with Crippen LogP contribution in [0.25, 0.3) is 5.69 Å². The zero-order valence-electron chi connectivity index (χ0n) is 16.1. The van der Waals surface area contributed by atoms with Crippen molar-refractivity contribution in [1.82, 2.24) is 14.7 Å². The Morgan fingerprint density at radius 3 is 2.48 bits per heavy atom. The summed E-state index contributed by atoms with van der Waals surface area (Å²) in [6.45, 7) is 4.39. The second-order valence-corrected chi connectivity index (χ2v) is 7.87. The van der Waals surface area contributed by atoms with Gasteiger partial charge in [0.05, 0.1) is 22.6 Å². The normalized spacial score (nSPS) is 22.4. The van der Waals surface area contributed by atoms with Crippen LogP contribution < -0.4 is 0 Å². The van der Waals surface area contributed by atoms with E-state index in [1.807, 2.05) is 49.1 Å². The van der Waals surface area contributed by atoms with Gasteiger partial charge in [0, 0.05) is 12.6 Å². The van der Waals surface area contributed by atoms with E-state index in [2.05, 4.69) is 5.10 Å². The summed E-state index contributed by atoms with van der Waals surface area (Å²) in [6.07, 6.45) is 6.81. The quantitative estimate of drug-likeness (QED) is 0.613. The van der Waals surface area contributed by atoms with Crippen molar-refractivity contribution < 1.29 is 9.59 Å². The van der Waals surface area contributed by atoms with Crippen LogP contribution >= 0.6 is 0 Å². The Bertz CT molecular complexity index is 854. The summed E-state index contributed by atoms with van der Waals surface area (Å²) in [6, 6.07) is 9.97. The third-order valence-corrected chi connectivity index (χ3v) is 6.22. The topological polar surface area (TPSA) is 55.2 Å². The molecule has 0 bridgehead atoms. The highest BCUT2D eigenvalue weighted by Crippen LogP contribution is 2.35. The Hall–Kier alpha value is -2.43. The fourth-order valence-electron chi connectivity index (χ4n) is 4.91. The number of aromatic nitrogens is 2. The fourth-order valence-corrected chi connectivity index (χ4v) is 4.91. The molecule has 2 heterocycles. The van der Waals surface area contributed by atoms with Crippen LogP contribution in [0, 0.1) is 19.8 Å². The van der Waals surface area contributed by atoms with Crippen molar-refractivity contribution in [2.24, 2.45) is 5.92 Å². The molecule has 2 aromatic rings. The lowest BCUT2D eigenvalue weighted by Gasteiger charge is -2.43. The smallest absolute Gasteiger partial charge is 0.295 e. The molecule has 1 aliphatic carbocycles. The molecular formula is C22H27N3O2. The zero-order valence-corrected chi connectivity index (χ0v) is 16.1. The van der Waals surface area contributed by atoms with Gasteiger partial charge in [-0.15, -0.1) is 0 Å². The molecule has 1 saturated carbocycles. The molecule has 142 valence electrons. The van der Waals surface area contributed by atoms with Crippen molar-refractivity contribution in [2.75, 3.05) is 6.54 Å². The predicted octanol–water partition coefficient (Wildman–Crippen LogP) is 3.85. The standard InChI is InChI=1S/C22H27N3O2/c1-15-20(16(2)25(23-15)18-11-4-3-5-12-18)21(26)22(27)24-14-8-10-17-9-6-7-13-19(17)24/h3-5,11-12,17,19H,6-10,13-14H2,1-2H3/t17-,19+/m0/s1. The molecule has 0 N–H and O–H groups in total. The number of fused-ring (bicyclic) bond motifs is 1. The zero-order chi connectivity index (χ0) is 19.0. The molecule has 27 heavy (non-hydrogen) atoms. The van der Waals surface area contributed by atoms with E-state index in [4.69, 9.17) is 0 Å². The van der Waals surface area contributed by atoms with Gasteiger partial charge < -0.3 is 4.90 Å². The van der Waals surface area contributed by atoms with Crippen molar-refractivity contribution in [3.63, 3.8) is 0 Å². The molecular weight excluding hydrogens is 338 g/mol. The van der Waals surface area contributed by atoms with E-state index in [1.54, 1.807) is 4.68 Å². The molecule has 0 spiro atoms. The van der Waals surface area contributed by atoms with Gasteiger partial charge in [-0.3, -0.25) is 9.59 Å². The summed E-state index contributed by atoms with van der Waals surface area (Å²) in [7, 11) is 0. The van der Waals surface area contributed by atoms with Crippen LogP contribution in [-0.2, 0) is 4.79 Å². The highest BCUT2D eigenvalue weighted by molar-refractivity contribution is 6.43. The number of carbonyl (C=O) groups excluding carboxylic acids is 2. The number of hydrogen-bond acceptors (Lipinski definition) is 3. The number of piperidine rings is 1. The van der Waals surface area contributed by atoms with Crippen LogP contribution in [-0.4, -0.2) is 39.0 Å². The molecule has 5 nitrogen and oxygen atoms in total. The number of hydrogen-bond donors (Lipinski definition) is 0. The molecule has 1 aliphatic heterocycles. The minimum atomic E-state index is -0.404. The molecule has 1 aromatic heterocycles. The lowest BCUT2D eigenvalue weighted by Crippen LogP contribution is -2.51. The highest BCUT2D eigenvalue weighted by Gasteiger charge is 2.39. The predicted molar refractivity (Wildman–Crippen MR) is 104 cm³/mol. The number of likely N-dealkylation sites (tertiary alicyclic amines) is 1. The Kier molecular flexibility index (Phi) is 4.85. The number of aryl methyl sites for hydroxylation is 1. The molecule has 0 unspecified atom stereocenters. The van der Waals surface area contributed by atoms with Gasteiger partial charge in [0.25, 0.3) is 11.7 Å². The number of benzene rings is 1. The SMILES string of the molecule is Cc1nn(-c2ccccc2)c(C)c1C(=O)C(=O)N1CCC[C@@H]2CCCC[C@H]21. The third kappa shape index (κ3) is 3.20. The third-order valence-electron chi connectivity index (χ3n) is 6.22. The second kappa shape index (κ2) is 7.29. The largest absolute Gasteiger partial charge is 0.333 e. The molecule has 5 heteroatoms. The Morgan fingerprint density at radius 2 is 1.70 bits per heavy atom. The van der Waals surface area contributed by atoms with E-state index >= 15 is 0 Å². The van der Waals surface area contributed by atoms with Gasteiger partial charge >= 0.3 is 0 Å². The summed E-state index contributed by atoms with van der Waals surface area (Å²) in [5.74, 6) is -0.178. The van der Waals surface area contributed by atoms with Crippen LogP contribution in [0.3, 0.4) is 0 Å². The summed E-state index contributed by atoms with van der Waals surface area (Å²) in [5, 5.41) is 4.54. The van der Waals surface area contributed by atoms with E-state index in [9.17, 15) is 9.59 Å². The van der Waals surface area contributed by atoms with Crippen molar-refractivity contribution in [3.05, 3.63) is 47.3 Å². The molecule has 2 fully saturated rings. The van der Waals surface area contributed by atoms with E-state index in [0.29, 0.717) is 23.7 Å². The van der Waals surface area contributed by atoms with E-state index in [-0.39, 0.29) is 11.9 Å².